The monoisotopic (exact) mass is 544 g/mol. The second-order valence-corrected chi connectivity index (χ2v) is 9.14. The Morgan fingerprint density at radius 3 is 1.95 bits per heavy atom. The van der Waals surface area contributed by atoms with Gasteiger partial charge < -0.3 is 43.7 Å². The lowest BCUT2D eigenvalue weighted by Crippen LogP contribution is -2.55. The van der Waals surface area contributed by atoms with Gasteiger partial charge in [-0.1, -0.05) is 30.3 Å². The number of nitrogens with one attached hydrogen (secondary N) is 3. The van der Waals surface area contributed by atoms with E-state index in [1.807, 2.05) is 30.3 Å². The van der Waals surface area contributed by atoms with Gasteiger partial charge in [-0.05, 0) is 76.1 Å². The Bertz CT molecular complexity index is 935. The van der Waals surface area contributed by atoms with Gasteiger partial charge in [0, 0.05) is 12.6 Å². The van der Waals surface area contributed by atoms with Crippen molar-refractivity contribution in [3.8, 4) is 0 Å². The number of hydrogen-bond donors (Lipinski definition) is 7. The number of amides is 3. The maximum Gasteiger partial charge on any atom is 0.244 e. The minimum atomic E-state index is -0.905. The second-order valence-electron chi connectivity index (χ2n) is 9.14. The first-order valence-electron chi connectivity index (χ1n) is 13.4. The Morgan fingerprint density at radius 1 is 0.795 bits per heavy atom. The standard InChI is InChI=1S/C27H44N8O4/c28-16-6-4-12-22(34-24(37)15-14-20-9-2-1-3-10-20)26(39)35-23(13-5-7-17-29)25(38)33-21(19-36)11-8-18-32-27(30)31/h1-3,9-10,14-15,19,21-23H,4-8,11-13,16-18,28-29H2,(H,33,38)(H,34,37)(H,35,39)(H4,30,31,32)/b15-14+/t21-,22-,23-/m0/s1. The van der Waals surface area contributed by atoms with Gasteiger partial charge in [0.1, 0.15) is 18.4 Å². The van der Waals surface area contributed by atoms with Crippen molar-refractivity contribution >= 4 is 36.0 Å². The van der Waals surface area contributed by atoms with Gasteiger partial charge >= 0.3 is 0 Å². The predicted molar refractivity (Wildman–Crippen MR) is 153 cm³/mol. The van der Waals surface area contributed by atoms with Crippen LogP contribution in [0.4, 0.5) is 0 Å². The molecular formula is C27H44N8O4. The van der Waals surface area contributed by atoms with Crippen LogP contribution < -0.4 is 38.9 Å². The van der Waals surface area contributed by atoms with E-state index >= 15 is 0 Å². The van der Waals surface area contributed by atoms with E-state index in [9.17, 15) is 19.2 Å². The van der Waals surface area contributed by atoms with Crippen molar-refractivity contribution in [2.75, 3.05) is 19.6 Å². The molecule has 216 valence electrons. The lowest BCUT2D eigenvalue weighted by molar-refractivity contribution is -0.132. The van der Waals surface area contributed by atoms with Crippen LogP contribution >= 0.6 is 0 Å². The van der Waals surface area contributed by atoms with E-state index in [-0.39, 0.29) is 5.96 Å². The van der Waals surface area contributed by atoms with E-state index in [4.69, 9.17) is 22.9 Å². The number of aldehydes is 1. The summed E-state index contributed by atoms with van der Waals surface area (Å²) >= 11 is 0. The quantitative estimate of drug-likeness (QED) is 0.0377. The van der Waals surface area contributed by atoms with Crippen LogP contribution in [0.5, 0.6) is 0 Å². The van der Waals surface area contributed by atoms with Gasteiger partial charge in [-0.3, -0.25) is 19.4 Å². The van der Waals surface area contributed by atoms with Crippen LogP contribution in [-0.2, 0) is 19.2 Å². The third kappa shape index (κ3) is 15.3. The first-order valence-corrected chi connectivity index (χ1v) is 13.4. The summed E-state index contributed by atoms with van der Waals surface area (Å²) in [6.07, 6.45) is 7.70. The SMILES string of the molecule is NCCCC[C@H](NC(=O)/C=C/c1ccccc1)C(=O)N[C@@H](CCCCN)C(=O)N[C@H](C=O)CCCN=C(N)N. The zero-order valence-electron chi connectivity index (χ0n) is 22.5. The van der Waals surface area contributed by atoms with Crippen molar-refractivity contribution in [3.63, 3.8) is 0 Å². The zero-order chi connectivity index (χ0) is 28.9. The van der Waals surface area contributed by atoms with E-state index < -0.39 is 35.8 Å². The van der Waals surface area contributed by atoms with Crippen LogP contribution in [0, 0.1) is 0 Å². The molecule has 0 fully saturated rings. The maximum absolute atomic E-state index is 13.2. The van der Waals surface area contributed by atoms with Crippen molar-refractivity contribution in [1.82, 2.24) is 16.0 Å². The summed E-state index contributed by atoms with van der Waals surface area (Å²) in [5.41, 5.74) is 22.7. The van der Waals surface area contributed by atoms with E-state index in [2.05, 4.69) is 20.9 Å². The number of carbonyl (C=O) groups is 4. The van der Waals surface area contributed by atoms with Gasteiger partial charge in [-0.2, -0.15) is 0 Å². The summed E-state index contributed by atoms with van der Waals surface area (Å²) in [6, 6.07) is 6.77. The number of rotatable bonds is 20. The molecule has 1 aromatic rings. The molecule has 0 aliphatic heterocycles. The van der Waals surface area contributed by atoms with E-state index in [0.717, 1.165) is 5.56 Å². The molecular weight excluding hydrogens is 500 g/mol. The Kier molecular flexibility index (Phi) is 17.2. The molecule has 11 N–H and O–H groups in total. The summed E-state index contributed by atoms with van der Waals surface area (Å²) in [5.74, 6) is -1.46. The van der Waals surface area contributed by atoms with Gasteiger partial charge in [0.2, 0.25) is 17.7 Å². The van der Waals surface area contributed by atoms with Gasteiger partial charge in [0.25, 0.3) is 0 Å². The number of benzene rings is 1. The number of aliphatic imine (C=N–C) groups is 1. The summed E-state index contributed by atoms with van der Waals surface area (Å²) in [5, 5.41) is 8.17. The van der Waals surface area contributed by atoms with Gasteiger partial charge in [0.15, 0.2) is 5.96 Å². The van der Waals surface area contributed by atoms with Crippen molar-refractivity contribution in [1.29, 1.82) is 0 Å². The van der Waals surface area contributed by atoms with Crippen LogP contribution in [-0.4, -0.2) is 67.7 Å². The third-order valence-electron chi connectivity index (χ3n) is 5.85. The molecule has 0 saturated heterocycles. The minimum Gasteiger partial charge on any atom is -0.370 e. The molecule has 12 nitrogen and oxygen atoms in total. The largest absolute Gasteiger partial charge is 0.370 e. The van der Waals surface area contributed by atoms with Gasteiger partial charge in [-0.25, -0.2) is 0 Å². The molecule has 0 saturated carbocycles. The highest BCUT2D eigenvalue weighted by molar-refractivity contribution is 5.97. The second kappa shape index (κ2) is 20.2. The van der Waals surface area contributed by atoms with E-state index in [1.165, 1.54) is 6.08 Å². The highest BCUT2D eigenvalue weighted by Crippen LogP contribution is 2.07. The minimum absolute atomic E-state index is 0.0481. The van der Waals surface area contributed by atoms with Crippen LogP contribution in [0.3, 0.4) is 0 Å². The lowest BCUT2D eigenvalue weighted by atomic mass is 10.0. The predicted octanol–water partition coefficient (Wildman–Crippen LogP) is -0.335. The molecule has 0 aromatic heterocycles. The van der Waals surface area contributed by atoms with Crippen LogP contribution in [0.15, 0.2) is 41.4 Å². The number of nitrogens with two attached hydrogens (primary N) is 4. The first-order chi connectivity index (χ1) is 18.8. The fourth-order valence-corrected chi connectivity index (χ4v) is 3.73. The fraction of sp³-hybridized carbons (Fsp3) is 0.519. The number of hydrogen-bond acceptors (Lipinski definition) is 7. The number of nitrogens with zero attached hydrogens (tertiary/aromatic N) is 1. The van der Waals surface area contributed by atoms with Crippen LogP contribution in [0.1, 0.15) is 56.9 Å². The Morgan fingerprint density at radius 2 is 1.38 bits per heavy atom. The molecule has 0 aliphatic rings. The average Bonchev–Trinajstić information content (AvgIpc) is 2.92. The Hall–Kier alpha value is -3.77. The van der Waals surface area contributed by atoms with E-state index in [0.29, 0.717) is 77.3 Å². The first kappa shape index (κ1) is 33.3. The molecule has 39 heavy (non-hydrogen) atoms. The average molecular weight is 545 g/mol. The van der Waals surface area contributed by atoms with Gasteiger partial charge in [0.05, 0.1) is 6.04 Å². The van der Waals surface area contributed by atoms with Crippen molar-refractivity contribution in [2.24, 2.45) is 27.9 Å². The highest BCUT2D eigenvalue weighted by atomic mass is 16.2. The number of carbonyl (C=O) groups excluding carboxylic acids is 4. The molecule has 1 aromatic carbocycles. The molecule has 1 rings (SSSR count). The summed E-state index contributed by atoms with van der Waals surface area (Å²) in [6.45, 7) is 1.22. The summed E-state index contributed by atoms with van der Waals surface area (Å²) in [4.78, 5) is 54.3. The maximum atomic E-state index is 13.2. The molecule has 12 heteroatoms. The van der Waals surface area contributed by atoms with Crippen molar-refractivity contribution in [3.05, 3.63) is 42.0 Å². The van der Waals surface area contributed by atoms with Crippen LogP contribution in [0.2, 0.25) is 0 Å². The fourth-order valence-electron chi connectivity index (χ4n) is 3.73. The third-order valence-corrected chi connectivity index (χ3v) is 5.85. The van der Waals surface area contributed by atoms with Crippen molar-refractivity contribution < 1.29 is 19.2 Å². The molecule has 0 radical (unpaired) electrons. The van der Waals surface area contributed by atoms with Crippen molar-refractivity contribution in [2.45, 2.75) is 69.5 Å². The molecule has 0 unspecified atom stereocenters. The molecule has 3 atom stereocenters. The molecule has 0 bridgehead atoms. The molecule has 0 aliphatic carbocycles. The van der Waals surface area contributed by atoms with E-state index in [1.54, 1.807) is 6.08 Å². The number of unbranched alkanes of at least 4 members (excludes halogenated alkanes) is 2. The normalized spacial score (nSPS) is 13.2. The molecule has 3 amide bonds. The molecule has 0 spiro atoms. The van der Waals surface area contributed by atoms with Crippen LogP contribution in [0.25, 0.3) is 6.08 Å². The topological polar surface area (TPSA) is 221 Å². The Labute approximate surface area is 230 Å². The number of guanidine groups is 1. The molecule has 0 heterocycles. The highest BCUT2D eigenvalue weighted by Gasteiger charge is 2.27. The zero-order valence-corrected chi connectivity index (χ0v) is 22.5. The summed E-state index contributed by atoms with van der Waals surface area (Å²) < 4.78 is 0. The Balaban J connectivity index is 2.89. The van der Waals surface area contributed by atoms with Gasteiger partial charge in [-0.15, -0.1) is 0 Å². The summed E-state index contributed by atoms with van der Waals surface area (Å²) in [7, 11) is 0. The lowest BCUT2D eigenvalue weighted by Gasteiger charge is -2.24. The smallest absolute Gasteiger partial charge is 0.244 e.